The van der Waals surface area contributed by atoms with Crippen molar-refractivity contribution in [3.05, 3.63) is 52.4 Å². The lowest BCUT2D eigenvalue weighted by Crippen LogP contribution is -2.30. The number of aromatic nitrogens is 2. The fourth-order valence-electron chi connectivity index (χ4n) is 1.71. The molecular formula is C15H16Cl2N4OS. The van der Waals surface area contributed by atoms with Crippen LogP contribution in [0.5, 0.6) is 0 Å². The van der Waals surface area contributed by atoms with Crippen LogP contribution >= 0.6 is 35.0 Å². The number of pyridine rings is 2. The van der Waals surface area contributed by atoms with Crippen LogP contribution in [0.15, 0.2) is 36.7 Å². The van der Waals surface area contributed by atoms with Crippen molar-refractivity contribution in [2.24, 2.45) is 0 Å². The van der Waals surface area contributed by atoms with Gasteiger partial charge in [-0.05, 0) is 18.2 Å². The molecular weight excluding hydrogens is 355 g/mol. The molecule has 2 aromatic heterocycles. The second-order valence-corrected chi connectivity index (χ2v) is 6.40. The maximum atomic E-state index is 11.7. The molecule has 0 bridgehead atoms. The van der Waals surface area contributed by atoms with Gasteiger partial charge in [-0.3, -0.25) is 9.78 Å². The standard InChI is InChI=1S/C15H16Cl2N4OS/c16-11-7-13(17)15(21-8-11)20-6-5-19-14(22)10-23-9-12-3-1-2-4-18-12/h1-4,7-8H,5-6,9-10H2,(H,19,22)(H,20,21). The highest BCUT2D eigenvalue weighted by Crippen LogP contribution is 2.21. The van der Waals surface area contributed by atoms with Crippen molar-refractivity contribution in [1.82, 2.24) is 15.3 Å². The molecule has 5 nitrogen and oxygen atoms in total. The number of thioether (sulfide) groups is 1. The average molecular weight is 371 g/mol. The van der Waals surface area contributed by atoms with Crippen LogP contribution in [0.4, 0.5) is 5.82 Å². The molecule has 23 heavy (non-hydrogen) atoms. The van der Waals surface area contributed by atoms with E-state index in [4.69, 9.17) is 23.2 Å². The summed E-state index contributed by atoms with van der Waals surface area (Å²) >= 11 is 13.3. The average Bonchev–Trinajstić information content (AvgIpc) is 2.54. The van der Waals surface area contributed by atoms with Crippen LogP contribution < -0.4 is 10.6 Å². The number of halogens is 2. The Morgan fingerprint density at radius 2 is 2.09 bits per heavy atom. The lowest BCUT2D eigenvalue weighted by atomic mass is 10.4. The lowest BCUT2D eigenvalue weighted by molar-refractivity contribution is -0.118. The SMILES string of the molecule is O=C(CSCc1ccccn1)NCCNc1ncc(Cl)cc1Cl. The summed E-state index contributed by atoms with van der Waals surface area (Å²) in [5.41, 5.74) is 0.968. The number of anilines is 1. The van der Waals surface area contributed by atoms with Crippen molar-refractivity contribution < 1.29 is 4.79 Å². The van der Waals surface area contributed by atoms with E-state index >= 15 is 0 Å². The van der Waals surface area contributed by atoms with Crippen LogP contribution in [0.1, 0.15) is 5.69 Å². The molecule has 0 aliphatic rings. The van der Waals surface area contributed by atoms with Crippen LogP contribution in [0.25, 0.3) is 0 Å². The molecule has 0 aliphatic carbocycles. The normalized spacial score (nSPS) is 10.3. The van der Waals surface area contributed by atoms with E-state index in [9.17, 15) is 4.79 Å². The van der Waals surface area contributed by atoms with E-state index in [1.165, 1.54) is 18.0 Å². The molecule has 1 amide bonds. The summed E-state index contributed by atoms with van der Waals surface area (Å²) in [5.74, 6) is 1.66. The minimum absolute atomic E-state index is 0.0112. The van der Waals surface area contributed by atoms with Gasteiger partial charge in [0.1, 0.15) is 5.82 Å². The summed E-state index contributed by atoms with van der Waals surface area (Å²) in [5, 5.41) is 6.81. The van der Waals surface area contributed by atoms with Gasteiger partial charge in [-0.1, -0.05) is 29.3 Å². The third kappa shape index (κ3) is 6.64. The van der Waals surface area contributed by atoms with Crippen molar-refractivity contribution >= 4 is 46.7 Å². The topological polar surface area (TPSA) is 66.9 Å². The molecule has 2 aromatic rings. The number of amides is 1. The first kappa shape index (κ1) is 17.8. The van der Waals surface area contributed by atoms with Crippen LogP contribution in [-0.4, -0.2) is 34.7 Å². The summed E-state index contributed by atoms with van der Waals surface area (Å²) in [6, 6.07) is 7.36. The minimum Gasteiger partial charge on any atom is -0.367 e. The highest BCUT2D eigenvalue weighted by molar-refractivity contribution is 7.99. The van der Waals surface area contributed by atoms with Crippen LogP contribution in [0.3, 0.4) is 0 Å². The molecule has 2 heterocycles. The van der Waals surface area contributed by atoms with Gasteiger partial charge in [-0.15, -0.1) is 11.8 Å². The zero-order valence-corrected chi connectivity index (χ0v) is 14.6. The predicted molar refractivity (Wildman–Crippen MR) is 96.2 cm³/mol. The van der Waals surface area contributed by atoms with Gasteiger partial charge in [0.25, 0.3) is 0 Å². The first-order valence-electron chi connectivity index (χ1n) is 6.94. The summed E-state index contributed by atoms with van der Waals surface area (Å²) in [6.45, 7) is 1.02. The highest BCUT2D eigenvalue weighted by atomic mass is 35.5. The summed E-state index contributed by atoms with van der Waals surface area (Å²) < 4.78 is 0. The third-order valence-electron chi connectivity index (χ3n) is 2.76. The fourth-order valence-corrected chi connectivity index (χ4v) is 2.93. The number of hydrogen-bond donors (Lipinski definition) is 2. The summed E-state index contributed by atoms with van der Waals surface area (Å²) in [7, 11) is 0. The second kappa shape index (κ2) is 9.60. The number of carbonyl (C=O) groups excluding carboxylic acids is 1. The maximum absolute atomic E-state index is 11.7. The van der Waals surface area contributed by atoms with Crippen LogP contribution in [0.2, 0.25) is 10.0 Å². The van der Waals surface area contributed by atoms with Crippen molar-refractivity contribution in [3.8, 4) is 0 Å². The van der Waals surface area contributed by atoms with Gasteiger partial charge in [-0.2, -0.15) is 0 Å². The molecule has 0 unspecified atom stereocenters. The highest BCUT2D eigenvalue weighted by Gasteiger charge is 2.04. The molecule has 0 spiro atoms. The van der Waals surface area contributed by atoms with E-state index in [1.54, 1.807) is 12.3 Å². The number of rotatable bonds is 8. The van der Waals surface area contributed by atoms with Crippen molar-refractivity contribution in [2.75, 3.05) is 24.2 Å². The van der Waals surface area contributed by atoms with Crippen molar-refractivity contribution in [3.63, 3.8) is 0 Å². The first-order chi connectivity index (χ1) is 11.1. The Bertz CT molecular complexity index is 643. The van der Waals surface area contributed by atoms with E-state index in [0.29, 0.717) is 34.7 Å². The monoisotopic (exact) mass is 370 g/mol. The maximum Gasteiger partial charge on any atom is 0.230 e. The lowest BCUT2D eigenvalue weighted by Gasteiger charge is -2.08. The Labute approximate surface area is 149 Å². The van der Waals surface area contributed by atoms with E-state index in [2.05, 4.69) is 20.6 Å². The quantitative estimate of drug-likeness (QED) is 0.698. The van der Waals surface area contributed by atoms with E-state index < -0.39 is 0 Å². The molecule has 122 valence electrons. The smallest absolute Gasteiger partial charge is 0.230 e. The van der Waals surface area contributed by atoms with Gasteiger partial charge in [-0.25, -0.2) is 4.98 Å². The van der Waals surface area contributed by atoms with Crippen LogP contribution in [0, 0.1) is 0 Å². The van der Waals surface area contributed by atoms with Gasteiger partial charge in [0.05, 0.1) is 21.5 Å². The Morgan fingerprint density at radius 1 is 1.22 bits per heavy atom. The van der Waals surface area contributed by atoms with Crippen molar-refractivity contribution in [2.45, 2.75) is 5.75 Å². The molecule has 0 aromatic carbocycles. The zero-order valence-electron chi connectivity index (χ0n) is 12.3. The van der Waals surface area contributed by atoms with Gasteiger partial charge < -0.3 is 10.6 Å². The van der Waals surface area contributed by atoms with E-state index in [-0.39, 0.29) is 5.91 Å². The molecule has 0 saturated heterocycles. The van der Waals surface area contributed by atoms with Gasteiger partial charge >= 0.3 is 0 Å². The van der Waals surface area contributed by atoms with Crippen LogP contribution in [-0.2, 0) is 10.5 Å². The number of carbonyl (C=O) groups is 1. The minimum atomic E-state index is -0.0112. The zero-order chi connectivity index (χ0) is 16.5. The van der Waals surface area contributed by atoms with Crippen molar-refractivity contribution in [1.29, 1.82) is 0 Å². The molecule has 2 N–H and O–H groups in total. The summed E-state index contributed by atoms with van der Waals surface area (Å²) in [4.78, 5) is 20.0. The van der Waals surface area contributed by atoms with Gasteiger partial charge in [0.15, 0.2) is 0 Å². The van der Waals surface area contributed by atoms with E-state index in [1.807, 2.05) is 18.2 Å². The molecule has 2 rings (SSSR count). The molecule has 0 atom stereocenters. The number of hydrogen-bond acceptors (Lipinski definition) is 5. The van der Waals surface area contributed by atoms with E-state index in [0.717, 1.165) is 11.4 Å². The summed E-state index contributed by atoms with van der Waals surface area (Å²) in [6.07, 6.45) is 3.26. The van der Waals surface area contributed by atoms with Gasteiger partial charge in [0.2, 0.25) is 5.91 Å². The molecule has 0 saturated carbocycles. The first-order valence-corrected chi connectivity index (χ1v) is 8.85. The Balaban J connectivity index is 1.59. The fraction of sp³-hybridized carbons (Fsp3) is 0.267. The second-order valence-electron chi connectivity index (χ2n) is 4.57. The Hall–Kier alpha value is -1.50. The molecule has 0 fully saturated rings. The molecule has 0 radical (unpaired) electrons. The molecule has 8 heteroatoms. The Kier molecular flexibility index (Phi) is 7.45. The van der Waals surface area contributed by atoms with Gasteiger partial charge in [0, 0.05) is 31.2 Å². The predicted octanol–water partition coefficient (Wildman–Crippen LogP) is 3.24. The number of nitrogens with zero attached hydrogens (tertiary/aromatic N) is 2. The number of nitrogens with one attached hydrogen (secondary N) is 2. The Morgan fingerprint density at radius 3 is 2.83 bits per heavy atom. The molecule has 0 aliphatic heterocycles. The largest absolute Gasteiger partial charge is 0.367 e. The third-order valence-corrected chi connectivity index (χ3v) is 4.22.